The van der Waals surface area contributed by atoms with E-state index in [1.807, 2.05) is 0 Å². The van der Waals surface area contributed by atoms with Gasteiger partial charge in [-0.05, 0) is 91.8 Å². The molecule has 0 spiro atoms. The molecule has 0 radical (unpaired) electrons. The second-order valence-electron chi connectivity index (χ2n) is 11.8. The van der Waals surface area contributed by atoms with Gasteiger partial charge >= 0.3 is 5.97 Å². The molecule has 4 heteroatoms. The second kappa shape index (κ2) is 8.22. The summed E-state index contributed by atoms with van der Waals surface area (Å²) >= 11 is 0. The van der Waals surface area contributed by atoms with Gasteiger partial charge in [0.05, 0.1) is 0 Å². The number of carbonyl (C=O) groups is 2. The summed E-state index contributed by atoms with van der Waals surface area (Å²) in [6.45, 7) is 7.27. The summed E-state index contributed by atoms with van der Waals surface area (Å²) in [6.07, 6.45) is 11.2. The normalized spacial score (nSPS) is 46.6. The Kier molecular flexibility index (Phi) is 6.11. The lowest BCUT2D eigenvalue weighted by Crippen LogP contribution is -2.60. The van der Waals surface area contributed by atoms with Gasteiger partial charge in [-0.1, -0.05) is 33.6 Å². The topological polar surface area (TPSA) is 74.6 Å². The van der Waals surface area contributed by atoms with Crippen LogP contribution in [0.1, 0.15) is 91.4 Å². The summed E-state index contributed by atoms with van der Waals surface area (Å²) in [5, 5.41) is 18.9. The number of carboxylic acid groups (broad SMARTS) is 1. The summed E-state index contributed by atoms with van der Waals surface area (Å²) < 4.78 is 0. The molecular weight excluding hydrogens is 376 g/mol. The highest BCUT2D eigenvalue weighted by Crippen LogP contribution is 2.68. The third kappa shape index (κ3) is 3.36. The molecule has 0 aromatic heterocycles. The Morgan fingerprint density at radius 2 is 1.77 bits per heavy atom. The van der Waals surface area contributed by atoms with Crippen molar-refractivity contribution in [2.24, 2.45) is 52.3 Å². The van der Waals surface area contributed by atoms with E-state index < -0.39 is 5.97 Å². The second-order valence-corrected chi connectivity index (χ2v) is 11.8. The predicted octanol–water partition coefficient (Wildman–Crippen LogP) is 5.32. The van der Waals surface area contributed by atoms with Gasteiger partial charge in [0.1, 0.15) is 5.78 Å². The zero-order chi connectivity index (χ0) is 21.7. The largest absolute Gasteiger partial charge is 0.481 e. The molecule has 4 nitrogen and oxygen atoms in total. The third-order valence-corrected chi connectivity index (χ3v) is 10.6. The van der Waals surface area contributed by atoms with Gasteiger partial charge in [0.15, 0.2) is 0 Å². The Bertz CT molecular complexity index is 674. The van der Waals surface area contributed by atoms with Crippen molar-refractivity contribution in [1.29, 1.82) is 0 Å². The summed E-state index contributed by atoms with van der Waals surface area (Å²) in [5.41, 5.74) is 0.418. The number of ketones is 1. The van der Waals surface area contributed by atoms with E-state index in [1.165, 1.54) is 25.7 Å². The number of aliphatic carboxylic acids is 1. The minimum atomic E-state index is -0.698. The highest BCUT2D eigenvalue weighted by Gasteiger charge is 2.64. The average molecular weight is 419 g/mol. The van der Waals surface area contributed by atoms with Crippen LogP contribution >= 0.6 is 0 Å². The minimum Gasteiger partial charge on any atom is -0.481 e. The van der Waals surface area contributed by atoms with Gasteiger partial charge in [-0.25, -0.2) is 0 Å². The molecule has 0 aromatic rings. The number of aliphatic hydroxyl groups is 1. The van der Waals surface area contributed by atoms with Crippen LogP contribution in [0.3, 0.4) is 0 Å². The summed E-state index contributed by atoms with van der Waals surface area (Å²) in [5.74, 6) is 2.34. The van der Waals surface area contributed by atoms with Crippen molar-refractivity contribution < 1.29 is 19.8 Å². The molecule has 1 unspecified atom stereocenters. The molecular formula is C26H42O4. The molecule has 4 saturated carbocycles. The van der Waals surface area contributed by atoms with Gasteiger partial charge in [-0.3, -0.25) is 9.59 Å². The Balaban J connectivity index is 1.63. The number of Topliss-reactive ketones (excluding diaryl/α,β-unsaturated/α-hetero) is 1. The number of hydrogen-bond acceptors (Lipinski definition) is 3. The first-order valence-corrected chi connectivity index (χ1v) is 12.6. The minimum absolute atomic E-state index is 0.0485. The Labute approximate surface area is 182 Å². The Morgan fingerprint density at radius 1 is 1.03 bits per heavy atom. The smallest absolute Gasteiger partial charge is 0.303 e. The van der Waals surface area contributed by atoms with Crippen LogP contribution in [-0.4, -0.2) is 28.6 Å². The van der Waals surface area contributed by atoms with E-state index in [0.29, 0.717) is 41.8 Å². The maximum Gasteiger partial charge on any atom is 0.303 e. The maximum atomic E-state index is 13.9. The quantitative estimate of drug-likeness (QED) is 0.612. The fourth-order valence-electron chi connectivity index (χ4n) is 9.24. The zero-order valence-electron chi connectivity index (χ0n) is 19.2. The van der Waals surface area contributed by atoms with Crippen LogP contribution in [0.5, 0.6) is 0 Å². The van der Waals surface area contributed by atoms with Crippen molar-refractivity contribution in [1.82, 2.24) is 0 Å². The molecule has 4 aliphatic carbocycles. The summed E-state index contributed by atoms with van der Waals surface area (Å²) in [6, 6.07) is 0. The van der Waals surface area contributed by atoms with Crippen molar-refractivity contribution in [3.05, 3.63) is 0 Å². The van der Waals surface area contributed by atoms with Gasteiger partial charge in [-0.15, -0.1) is 0 Å². The van der Waals surface area contributed by atoms with E-state index in [-0.39, 0.29) is 35.7 Å². The van der Waals surface area contributed by atoms with Crippen molar-refractivity contribution in [3.8, 4) is 0 Å². The fourth-order valence-corrected chi connectivity index (χ4v) is 9.24. The fraction of sp³-hybridized carbons (Fsp3) is 0.923. The molecule has 2 N–H and O–H groups in total. The van der Waals surface area contributed by atoms with Crippen LogP contribution in [0.15, 0.2) is 0 Å². The lowest BCUT2D eigenvalue weighted by Gasteiger charge is -2.62. The van der Waals surface area contributed by atoms with Crippen LogP contribution in [0.4, 0.5) is 0 Å². The van der Waals surface area contributed by atoms with E-state index in [9.17, 15) is 14.7 Å². The first-order valence-electron chi connectivity index (χ1n) is 12.6. The van der Waals surface area contributed by atoms with Gasteiger partial charge in [0.2, 0.25) is 0 Å². The molecule has 9 atom stereocenters. The van der Waals surface area contributed by atoms with Gasteiger partial charge in [-0.2, -0.15) is 0 Å². The predicted molar refractivity (Wildman–Crippen MR) is 117 cm³/mol. The number of carboxylic acids is 1. The maximum absolute atomic E-state index is 13.9. The summed E-state index contributed by atoms with van der Waals surface area (Å²) in [7, 11) is 0. The van der Waals surface area contributed by atoms with E-state index in [2.05, 4.69) is 20.8 Å². The molecule has 0 heterocycles. The number of fused-ring (bicyclic) bond motifs is 5. The van der Waals surface area contributed by atoms with Crippen molar-refractivity contribution in [2.75, 3.05) is 6.61 Å². The first-order chi connectivity index (χ1) is 14.2. The third-order valence-electron chi connectivity index (χ3n) is 10.6. The average Bonchev–Trinajstić information content (AvgIpc) is 3.06. The molecule has 4 rings (SSSR count). The van der Waals surface area contributed by atoms with Crippen LogP contribution in [0.2, 0.25) is 0 Å². The number of carbonyl (C=O) groups excluding carboxylic acids is 1. The van der Waals surface area contributed by atoms with E-state index in [0.717, 1.165) is 32.1 Å². The highest BCUT2D eigenvalue weighted by molar-refractivity contribution is 5.86. The van der Waals surface area contributed by atoms with Crippen LogP contribution in [-0.2, 0) is 9.59 Å². The van der Waals surface area contributed by atoms with E-state index in [4.69, 9.17) is 5.11 Å². The lowest BCUT2D eigenvalue weighted by molar-refractivity contribution is -0.169. The molecule has 0 aliphatic heterocycles. The molecule has 30 heavy (non-hydrogen) atoms. The zero-order valence-corrected chi connectivity index (χ0v) is 19.2. The van der Waals surface area contributed by atoms with Crippen LogP contribution < -0.4 is 0 Å². The lowest BCUT2D eigenvalue weighted by atomic mass is 9.42. The van der Waals surface area contributed by atoms with Crippen molar-refractivity contribution >= 4 is 11.8 Å². The van der Waals surface area contributed by atoms with Gasteiger partial charge in [0, 0.05) is 24.9 Å². The standard InChI is InChI=1S/C26H42O4/c1-16(7-10-22(28)29)18-8-9-20-23-21(11-14-26(18,20)3)25(2)13-5-4-6-19(25)17(12-15-27)24(23)30/h16-21,23,27H,4-15H2,1-3H3,(H,28,29)/t16?,17-,18-,19+,20+,21+,23+,25+,26-/m1/s1. The molecule has 0 amide bonds. The van der Waals surface area contributed by atoms with E-state index >= 15 is 0 Å². The number of aliphatic hydroxyl groups excluding tert-OH is 1. The molecule has 4 aliphatic rings. The Hall–Kier alpha value is -0.900. The number of hydrogen-bond donors (Lipinski definition) is 2. The van der Waals surface area contributed by atoms with E-state index in [1.54, 1.807) is 0 Å². The molecule has 0 aromatic carbocycles. The molecule has 170 valence electrons. The molecule has 0 bridgehead atoms. The van der Waals surface area contributed by atoms with Crippen molar-refractivity contribution in [2.45, 2.75) is 91.4 Å². The highest BCUT2D eigenvalue weighted by atomic mass is 16.4. The van der Waals surface area contributed by atoms with Gasteiger partial charge < -0.3 is 10.2 Å². The Morgan fingerprint density at radius 3 is 2.47 bits per heavy atom. The molecule has 0 saturated heterocycles. The summed E-state index contributed by atoms with van der Waals surface area (Å²) in [4.78, 5) is 25.0. The van der Waals surface area contributed by atoms with Gasteiger partial charge in [0.25, 0.3) is 0 Å². The molecule has 4 fully saturated rings. The van der Waals surface area contributed by atoms with Crippen LogP contribution in [0, 0.1) is 52.3 Å². The number of rotatable bonds is 6. The van der Waals surface area contributed by atoms with Crippen LogP contribution in [0.25, 0.3) is 0 Å². The monoisotopic (exact) mass is 418 g/mol. The first kappa shape index (κ1) is 22.3. The van der Waals surface area contributed by atoms with Crippen molar-refractivity contribution in [3.63, 3.8) is 0 Å². The SMILES string of the molecule is CC(CCC(=O)O)[C@H]1CC[C@H]2[C@@H]3C(=O)[C@H](CCO)[C@@H]4CCCC[C@]4(C)[C@H]3CC[C@]12C.